The van der Waals surface area contributed by atoms with Gasteiger partial charge in [-0.05, 0) is 28.8 Å². The summed E-state index contributed by atoms with van der Waals surface area (Å²) in [7, 11) is 0. The average Bonchev–Trinajstić information content (AvgIpc) is 2.29. The van der Waals surface area contributed by atoms with E-state index in [4.69, 9.17) is 10.8 Å². The maximum atomic E-state index is 8.91. The molecule has 0 bridgehead atoms. The Balaban J connectivity index is 2.37. The summed E-state index contributed by atoms with van der Waals surface area (Å²) in [6, 6.07) is 11.4. The van der Waals surface area contributed by atoms with Crippen molar-refractivity contribution in [1.29, 1.82) is 0 Å². The minimum absolute atomic E-state index is 0.0682. The van der Waals surface area contributed by atoms with Gasteiger partial charge in [0.25, 0.3) is 0 Å². The van der Waals surface area contributed by atoms with Crippen LogP contribution in [-0.2, 0) is 6.61 Å². The zero-order chi connectivity index (χ0) is 10.7. The fourth-order valence-electron chi connectivity index (χ4n) is 1.43. The van der Waals surface area contributed by atoms with Crippen LogP contribution in [0.2, 0.25) is 0 Å². The Morgan fingerprint density at radius 2 is 1.80 bits per heavy atom. The zero-order valence-corrected chi connectivity index (χ0v) is 8.22. The average molecular weight is 200 g/mol. The van der Waals surface area contributed by atoms with Crippen LogP contribution >= 0.6 is 0 Å². The van der Waals surface area contributed by atoms with E-state index >= 15 is 0 Å². The van der Waals surface area contributed by atoms with Crippen molar-refractivity contribution in [3.05, 3.63) is 48.2 Å². The molecule has 0 aliphatic heterocycles. The molecule has 0 radical (unpaired) electrons. The summed E-state index contributed by atoms with van der Waals surface area (Å²) >= 11 is 0. The summed E-state index contributed by atoms with van der Waals surface area (Å²) in [6.07, 6.45) is 1.69. The van der Waals surface area contributed by atoms with Crippen molar-refractivity contribution in [1.82, 2.24) is 4.98 Å². The molecule has 0 amide bonds. The third-order valence-electron chi connectivity index (χ3n) is 2.25. The number of aliphatic hydroxyl groups is 1. The van der Waals surface area contributed by atoms with E-state index in [-0.39, 0.29) is 6.61 Å². The fraction of sp³-hybridized carbons (Fsp3) is 0.0833. The molecule has 1 aromatic carbocycles. The summed E-state index contributed by atoms with van der Waals surface area (Å²) in [4.78, 5) is 3.94. The zero-order valence-electron chi connectivity index (χ0n) is 8.22. The fourth-order valence-corrected chi connectivity index (χ4v) is 1.43. The standard InChI is InChI=1S/C12H12N2O/c13-12-7-11(5-6-14-12)10-3-1-9(8-15)2-4-10/h1-7,15H,8H2,(H2,13,14). The van der Waals surface area contributed by atoms with E-state index in [1.54, 1.807) is 6.20 Å². The molecule has 0 spiro atoms. The molecule has 2 rings (SSSR count). The number of aromatic nitrogens is 1. The quantitative estimate of drug-likeness (QED) is 0.777. The Morgan fingerprint density at radius 1 is 1.07 bits per heavy atom. The van der Waals surface area contributed by atoms with E-state index in [1.807, 2.05) is 36.4 Å². The normalized spacial score (nSPS) is 10.2. The minimum Gasteiger partial charge on any atom is -0.392 e. The predicted octanol–water partition coefficient (Wildman–Crippen LogP) is 1.82. The molecule has 76 valence electrons. The number of aliphatic hydroxyl groups excluding tert-OH is 1. The van der Waals surface area contributed by atoms with Gasteiger partial charge in [-0.25, -0.2) is 4.98 Å². The van der Waals surface area contributed by atoms with Crippen molar-refractivity contribution < 1.29 is 5.11 Å². The lowest BCUT2D eigenvalue weighted by atomic mass is 10.1. The molecule has 0 aliphatic rings. The van der Waals surface area contributed by atoms with E-state index in [2.05, 4.69) is 4.98 Å². The second kappa shape index (κ2) is 4.11. The summed E-state index contributed by atoms with van der Waals surface area (Å²) in [5.74, 6) is 0.513. The second-order valence-electron chi connectivity index (χ2n) is 3.32. The molecule has 2 aromatic rings. The minimum atomic E-state index is 0.0682. The van der Waals surface area contributed by atoms with Gasteiger partial charge >= 0.3 is 0 Å². The SMILES string of the molecule is Nc1cc(-c2ccc(CO)cc2)ccn1. The molecule has 3 nitrogen and oxygen atoms in total. The molecule has 0 atom stereocenters. The van der Waals surface area contributed by atoms with Crippen LogP contribution in [0, 0.1) is 0 Å². The van der Waals surface area contributed by atoms with Crippen LogP contribution in [0.4, 0.5) is 5.82 Å². The summed E-state index contributed by atoms with van der Waals surface area (Å²) in [6.45, 7) is 0.0682. The number of hydrogen-bond donors (Lipinski definition) is 2. The number of benzene rings is 1. The first kappa shape index (κ1) is 9.68. The van der Waals surface area contributed by atoms with Crippen LogP contribution < -0.4 is 5.73 Å². The van der Waals surface area contributed by atoms with Gasteiger partial charge < -0.3 is 10.8 Å². The van der Waals surface area contributed by atoms with E-state index in [9.17, 15) is 0 Å². The Hall–Kier alpha value is -1.87. The highest BCUT2D eigenvalue weighted by Gasteiger charge is 1.98. The lowest BCUT2D eigenvalue weighted by Gasteiger charge is -2.03. The molecular formula is C12H12N2O. The highest BCUT2D eigenvalue weighted by atomic mass is 16.3. The molecule has 15 heavy (non-hydrogen) atoms. The second-order valence-corrected chi connectivity index (χ2v) is 3.32. The van der Waals surface area contributed by atoms with Gasteiger partial charge in [-0.3, -0.25) is 0 Å². The van der Waals surface area contributed by atoms with Crippen LogP contribution in [0.5, 0.6) is 0 Å². The van der Waals surface area contributed by atoms with Crippen molar-refractivity contribution in [2.45, 2.75) is 6.61 Å². The first-order valence-corrected chi connectivity index (χ1v) is 4.71. The Bertz CT molecular complexity index is 451. The van der Waals surface area contributed by atoms with Gasteiger partial charge in [0.2, 0.25) is 0 Å². The van der Waals surface area contributed by atoms with Gasteiger partial charge in [-0.15, -0.1) is 0 Å². The Morgan fingerprint density at radius 3 is 2.40 bits per heavy atom. The molecular weight excluding hydrogens is 188 g/mol. The molecule has 3 heteroatoms. The van der Waals surface area contributed by atoms with E-state index in [0.29, 0.717) is 5.82 Å². The molecule has 0 fully saturated rings. The van der Waals surface area contributed by atoms with Crippen molar-refractivity contribution in [3.63, 3.8) is 0 Å². The van der Waals surface area contributed by atoms with Crippen molar-refractivity contribution in [3.8, 4) is 11.1 Å². The summed E-state index contributed by atoms with van der Waals surface area (Å²) in [5, 5.41) is 8.91. The van der Waals surface area contributed by atoms with Crippen molar-refractivity contribution in [2.75, 3.05) is 5.73 Å². The molecule has 0 saturated heterocycles. The highest BCUT2D eigenvalue weighted by Crippen LogP contribution is 2.20. The van der Waals surface area contributed by atoms with E-state index < -0.39 is 0 Å². The number of rotatable bonds is 2. The van der Waals surface area contributed by atoms with Gasteiger partial charge in [-0.1, -0.05) is 24.3 Å². The lowest BCUT2D eigenvalue weighted by Crippen LogP contribution is -1.89. The number of hydrogen-bond acceptors (Lipinski definition) is 3. The van der Waals surface area contributed by atoms with Gasteiger partial charge in [-0.2, -0.15) is 0 Å². The first-order valence-electron chi connectivity index (χ1n) is 4.71. The van der Waals surface area contributed by atoms with Crippen LogP contribution in [0.15, 0.2) is 42.6 Å². The summed E-state index contributed by atoms with van der Waals surface area (Å²) < 4.78 is 0. The van der Waals surface area contributed by atoms with Gasteiger partial charge in [0, 0.05) is 6.20 Å². The molecule has 0 aliphatic carbocycles. The third kappa shape index (κ3) is 2.14. The van der Waals surface area contributed by atoms with Gasteiger partial charge in [0.15, 0.2) is 0 Å². The summed E-state index contributed by atoms with van der Waals surface area (Å²) in [5.41, 5.74) is 8.61. The van der Waals surface area contributed by atoms with Crippen LogP contribution in [0.25, 0.3) is 11.1 Å². The third-order valence-corrected chi connectivity index (χ3v) is 2.25. The number of pyridine rings is 1. The van der Waals surface area contributed by atoms with E-state index in [0.717, 1.165) is 16.7 Å². The largest absolute Gasteiger partial charge is 0.392 e. The van der Waals surface area contributed by atoms with Crippen molar-refractivity contribution in [2.24, 2.45) is 0 Å². The van der Waals surface area contributed by atoms with E-state index in [1.165, 1.54) is 0 Å². The van der Waals surface area contributed by atoms with Crippen LogP contribution in [0.1, 0.15) is 5.56 Å². The Labute approximate surface area is 88.2 Å². The van der Waals surface area contributed by atoms with Crippen molar-refractivity contribution >= 4 is 5.82 Å². The molecule has 3 N–H and O–H groups in total. The first-order chi connectivity index (χ1) is 7.29. The van der Waals surface area contributed by atoms with Crippen LogP contribution in [0.3, 0.4) is 0 Å². The number of nitrogen functional groups attached to an aromatic ring is 1. The maximum Gasteiger partial charge on any atom is 0.123 e. The highest BCUT2D eigenvalue weighted by molar-refractivity contribution is 5.65. The smallest absolute Gasteiger partial charge is 0.123 e. The predicted molar refractivity (Wildman–Crippen MR) is 60.0 cm³/mol. The molecule has 1 aromatic heterocycles. The number of anilines is 1. The number of nitrogens with two attached hydrogens (primary N) is 1. The molecule has 0 saturated carbocycles. The van der Waals surface area contributed by atoms with Gasteiger partial charge in [0.05, 0.1) is 6.61 Å². The topological polar surface area (TPSA) is 59.1 Å². The maximum absolute atomic E-state index is 8.91. The van der Waals surface area contributed by atoms with Gasteiger partial charge in [0.1, 0.15) is 5.82 Å². The number of nitrogens with zero attached hydrogens (tertiary/aromatic N) is 1. The van der Waals surface area contributed by atoms with Crippen LogP contribution in [-0.4, -0.2) is 10.1 Å². The lowest BCUT2D eigenvalue weighted by molar-refractivity contribution is 0.282. The molecule has 0 unspecified atom stereocenters. The monoisotopic (exact) mass is 200 g/mol. The molecule has 1 heterocycles. The Kier molecular flexibility index (Phi) is 2.65.